The molecule has 2 heteroatoms. The van der Waals surface area contributed by atoms with E-state index in [9.17, 15) is 0 Å². The summed E-state index contributed by atoms with van der Waals surface area (Å²) in [7, 11) is 0. The van der Waals surface area contributed by atoms with Crippen molar-refractivity contribution in [3.05, 3.63) is 161 Å². The Balaban J connectivity index is 1.23. The molecule has 210 valence electrons. The van der Waals surface area contributed by atoms with Crippen LogP contribution in [0.2, 0.25) is 0 Å². The van der Waals surface area contributed by atoms with Gasteiger partial charge in [0.2, 0.25) is 0 Å². The number of benzene rings is 5. The fraction of sp³-hybridized carbons (Fsp3) is 0.0952. The van der Waals surface area contributed by atoms with E-state index in [-0.39, 0.29) is 0 Å². The van der Waals surface area contributed by atoms with Gasteiger partial charge < -0.3 is 9.13 Å². The highest BCUT2D eigenvalue weighted by Crippen LogP contribution is 2.40. The van der Waals surface area contributed by atoms with E-state index in [1.54, 1.807) is 0 Å². The van der Waals surface area contributed by atoms with Gasteiger partial charge in [0.15, 0.2) is 0 Å². The summed E-state index contributed by atoms with van der Waals surface area (Å²) < 4.78 is 4.95. The topological polar surface area (TPSA) is 9.86 Å². The lowest BCUT2D eigenvalue weighted by Crippen LogP contribution is -2.31. The van der Waals surface area contributed by atoms with Gasteiger partial charge in [0.05, 0.1) is 16.6 Å². The maximum Gasteiger partial charge on any atom is 0.0540 e. The van der Waals surface area contributed by atoms with Gasteiger partial charge in [-0.3, -0.25) is 0 Å². The summed E-state index contributed by atoms with van der Waals surface area (Å²) in [4.78, 5) is 0. The van der Waals surface area contributed by atoms with Crippen LogP contribution in [0.3, 0.4) is 0 Å². The molecule has 2 aromatic heterocycles. The van der Waals surface area contributed by atoms with Gasteiger partial charge in [-0.15, -0.1) is 0 Å². The van der Waals surface area contributed by atoms with Crippen LogP contribution in [0.25, 0.3) is 61.8 Å². The highest BCUT2D eigenvalue weighted by molar-refractivity contribution is 6.12. The predicted molar refractivity (Wildman–Crippen MR) is 186 cm³/mol. The van der Waals surface area contributed by atoms with Gasteiger partial charge in [0.25, 0.3) is 0 Å². The first-order valence-electron chi connectivity index (χ1n) is 15.7. The third-order valence-electron chi connectivity index (χ3n) is 9.52. The summed E-state index contributed by atoms with van der Waals surface area (Å²) >= 11 is 0. The molecule has 0 N–H and O–H groups in total. The second kappa shape index (κ2) is 10.1. The maximum atomic E-state index is 2.53. The molecule has 7 aromatic rings. The molecular weight excluding hydrogens is 532 g/mol. The second-order valence-corrected chi connectivity index (χ2v) is 12.0. The lowest BCUT2D eigenvalue weighted by atomic mass is 9.90. The Hall–Kier alpha value is -5.34. The molecule has 5 aromatic carbocycles. The zero-order valence-corrected chi connectivity index (χ0v) is 24.5. The summed E-state index contributed by atoms with van der Waals surface area (Å²) in [6.45, 7) is 0. The number of nitrogens with zero attached hydrogens (tertiary/aromatic N) is 2. The molecule has 0 saturated carbocycles. The van der Waals surface area contributed by atoms with Gasteiger partial charge >= 0.3 is 0 Å². The zero-order chi connectivity index (χ0) is 29.0. The molecule has 9 rings (SSSR count). The third-order valence-corrected chi connectivity index (χ3v) is 9.52. The second-order valence-electron chi connectivity index (χ2n) is 12.0. The summed E-state index contributed by atoms with van der Waals surface area (Å²) in [5.74, 6) is 0.320. The number of para-hydroxylation sites is 3. The van der Waals surface area contributed by atoms with E-state index in [0.717, 1.165) is 19.3 Å². The minimum Gasteiger partial charge on any atom is -0.312 e. The quantitative estimate of drug-likeness (QED) is 0.202. The minimum atomic E-state index is 0.320. The van der Waals surface area contributed by atoms with Gasteiger partial charge in [0, 0.05) is 49.6 Å². The number of hydrogen-bond donors (Lipinski definition) is 0. The van der Waals surface area contributed by atoms with E-state index in [2.05, 4.69) is 161 Å². The van der Waals surface area contributed by atoms with E-state index >= 15 is 0 Å². The number of allylic oxidation sites excluding steroid dienone is 4. The molecule has 0 aliphatic heterocycles. The smallest absolute Gasteiger partial charge is 0.0540 e. The van der Waals surface area contributed by atoms with Crippen LogP contribution in [0.15, 0.2) is 140 Å². The molecule has 2 heterocycles. The first kappa shape index (κ1) is 25.2. The Labute approximate surface area is 256 Å². The first-order valence-corrected chi connectivity index (χ1v) is 15.7. The van der Waals surface area contributed by atoms with Gasteiger partial charge in [-0.05, 0) is 66.8 Å². The Bertz CT molecular complexity index is 2400. The van der Waals surface area contributed by atoms with Gasteiger partial charge in [0.1, 0.15) is 0 Å². The first-order chi connectivity index (χ1) is 21.8. The Kier molecular flexibility index (Phi) is 5.80. The van der Waals surface area contributed by atoms with Crippen LogP contribution in [0, 0.1) is 0 Å². The van der Waals surface area contributed by atoms with E-state index in [1.807, 2.05) is 0 Å². The van der Waals surface area contributed by atoms with Crippen molar-refractivity contribution in [2.45, 2.75) is 25.2 Å². The molecule has 0 radical (unpaired) electrons. The van der Waals surface area contributed by atoms with Crippen molar-refractivity contribution in [1.29, 1.82) is 0 Å². The molecule has 0 amide bonds. The van der Waals surface area contributed by atoms with Crippen LogP contribution in [0.1, 0.15) is 36.3 Å². The number of fused-ring (bicyclic) bond motifs is 6. The third kappa shape index (κ3) is 3.88. The van der Waals surface area contributed by atoms with Crippen molar-refractivity contribution in [2.24, 2.45) is 0 Å². The van der Waals surface area contributed by atoms with E-state index < -0.39 is 0 Å². The van der Waals surface area contributed by atoms with Crippen LogP contribution in [0.4, 0.5) is 0 Å². The lowest BCUT2D eigenvalue weighted by Gasteiger charge is -2.20. The van der Waals surface area contributed by atoms with Gasteiger partial charge in [-0.1, -0.05) is 115 Å². The average Bonchev–Trinajstić information content (AvgIpc) is 3.61. The van der Waals surface area contributed by atoms with Crippen molar-refractivity contribution in [3.63, 3.8) is 0 Å². The Morgan fingerprint density at radius 1 is 0.591 bits per heavy atom. The molecule has 2 aliphatic carbocycles. The van der Waals surface area contributed by atoms with Crippen LogP contribution in [-0.2, 0) is 0 Å². The van der Waals surface area contributed by atoms with E-state index in [0.29, 0.717) is 5.92 Å². The zero-order valence-electron chi connectivity index (χ0n) is 24.5. The fourth-order valence-corrected chi connectivity index (χ4v) is 7.53. The number of rotatable bonds is 4. The Morgan fingerprint density at radius 3 is 2.09 bits per heavy atom. The van der Waals surface area contributed by atoms with Gasteiger partial charge in [-0.25, -0.2) is 0 Å². The molecule has 1 unspecified atom stereocenters. The van der Waals surface area contributed by atoms with Gasteiger partial charge in [-0.2, -0.15) is 0 Å². The van der Waals surface area contributed by atoms with Crippen LogP contribution < -0.4 is 10.6 Å². The van der Waals surface area contributed by atoms with Crippen LogP contribution in [0.5, 0.6) is 0 Å². The minimum absolute atomic E-state index is 0.320. The molecule has 2 nitrogen and oxygen atoms in total. The molecular formula is C42H32N2. The summed E-state index contributed by atoms with van der Waals surface area (Å²) in [5.41, 5.74) is 10.4. The van der Waals surface area contributed by atoms with Crippen molar-refractivity contribution in [2.75, 3.05) is 0 Å². The average molecular weight is 565 g/mol. The molecule has 2 aliphatic rings. The highest BCUT2D eigenvalue weighted by Gasteiger charge is 2.21. The molecule has 1 atom stereocenters. The van der Waals surface area contributed by atoms with Crippen molar-refractivity contribution in [1.82, 2.24) is 9.13 Å². The van der Waals surface area contributed by atoms with E-state index in [4.69, 9.17) is 0 Å². The maximum absolute atomic E-state index is 2.53. The summed E-state index contributed by atoms with van der Waals surface area (Å²) in [6, 6.07) is 46.6. The number of hydrogen-bond acceptors (Lipinski definition) is 0. The predicted octanol–water partition coefficient (Wildman–Crippen LogP) is 9.21. The van der Waals surface area contributed by atoms with Crippen molar-refractivity contribution < 1.29 is 0 Å². The molecule has 0 fully saturated rings. The molecule has 44 heavy (non-hydrogen) atoms. The summed E-state index contributed by atoms with van der Waals surface area (Å²) in [5, 5.41) is 6.61. The highest BCUT2D eigenvalue weighted by atomic mass is 15.0. The van der Waals surface area contributed by atoms with Crippen LogP contribution in [-0.4, -0.2) is 9.13 Å². The Morgan fingerprint density at radius 2 is 1.27 bits per heavy atom. The molecule has 0 spiro atoms. The monoisotopic (exact) mass is 564 g/mol. The number of aromatic nitrogens is 2. The molecule has 0 bridgehead atoms. The van der Waals surface area contributed by atoms with Crippen LogP contribution >= 0.6 is 0 Å². The van der Waals surface area contributed by atoms with Crippen molar-refractivity contribution in [3.8, 4) is 5.69 Å². The van der Waals surface area contributed by atoms with Crippen molar-refractivity contribution >= 4 is 56.1 Å². The molecule has 0 saturated heterocycles. The fourth-order valence-electron chi connectivity index (χ4n) is 7.53. The summed E-state index contributed by atoms with van der Waals surface area (Å²) in [6.07, 6.45) is 12.7. The largest absolute Gasteiger partial charge is 0.312 e. The SMILES string of the molecule is C1=CC(c2ccccc2)=C(n2c3ccccc3c3cc(C4C=c5c(n(-c6ccccc6)c6ccccc56)=CC4)ccc32)CC1. The van der Waals surface area contributed by atoms with E-state index in [1.165, 1.54) is 71.4 Å². The normalized spacial score (nSPS) is 16.3. The lowest BCUT2D eigenvalue weighted by molar-refractivity contribution is 0.908. The standard InChI is InChI=1S/C42H32N2/c1-3-13-29(14-4-1)33-17-7-10-20-38(33)44-40-22-12-9-19-35(40)37-28-31(24-26-42(37)44)30-23-25-41-36(27-30)34-18-8-11-21-39(34)43(41)32-15-5-2-6-16-32/h1-9,11-19,21-22,24-28,30H,10,20,23H2.